The van der Waals surface area contributed by atoms with Crippen molar-refractivity contribution in [1.82, 2.24) is 15.1 Å². The number of hydrogen-bond acceptors (Lipinski definition) is 3. The SMILES string of the molecule is CN(C)CC(=O)N1CCC(NC(=O)O)CC1. The van der Waals surface area contributed by atoms with E-state index in [-0.39, 0.29) is 11.9 Å². The smallest absolute Gasteiger partial charge is 0.404 e. The summed E-state index contributed by atoms with van der Waals surface area (Å²) in [5, 5.41) is 11.0. The van der Waals surface area contributed by atoms with Crippen molar-refractivity contribution in [3.8, 4) is 0 Å². The molecule has 92 valence electrons. The summed E-state index contributed by atoms with van der Waals surface area (Å²) >= 11 is 0. The Bertz CT molecular complexity index is 260. The van der Waals surface area contributed by atoms with Gasteiger partial charge >= 0.3 is 6.09 Å². The van der Waals surface area contributed by atoms with Crippen LogP contribution in [0.4, 0.5) is 4.79 Å². The molecule has 0 aromatic carbocycles. The summed E-state index contributed by atoms with van der Waals surface area (Å²) in [6, 6.07) is -0.0130. The Morgan fingerprint density at radius 3 is 2.38 bits per heavy atom. The van der Waals surface area contributed by atoms with Crippen LogP contribution >= 0.6 is 0 Å². The third kappa shape index (κ3) is 4.06. The lowest BCUT2D eigenvalue weighted by Crippen LogP contribution is -2.48. The summed E-state index contributed by atoms with van der Waals surface area (Å²) in [7, 11) is 3.72. The summed E-state index contributed by atoms with van der Waals surface area (Å²) in [5.74, 6) is 0.110. The topological polar surface area (TPSA) is 72.9 Å². The molecule has 6 nitrogen and oxygen atoms in total. The molecule has 6 heteroatoms. The van der Waals surface area contributed by atoms with Gasteiger partial charge in [0.1, 0.15) is 0 Å². The number of carbonyl (C=O) groups excluding carboxylic acids is 1. The lowest BCUT2D eigenvalue weighted by molar-refractivity contribution is -0.132. The zero-order valence-electron chi connectivity index (χ0n) is 9.77. The quantitative estimate of drug-likeness (QED) is 0.703. The highest BCUT2D eigenvalue weighted by Crippen LogP contribution is 2.10. The van der Waals surface area contributed by atoms with Crippen LogP contribution in [0.25, 0.3) is 0 Å². The molecule has 0 aromatic rings. The first kappa shape index (κ1) is 12.8. The summed E-state index contributed by atoms with van der Waals surface area (Å²) < 4.78 is 0. The second-order valence-electron chi connectivity index (χ2n) is 4.34. The average molecular weight is 229 g/mol. The van der Waals surface area contributed by atoms with E-state index in [9.17, 15) is 9.59 Å². The first-order valence-electron chi connectivity index (χ1n) is 5.41. The third-order valence-corrected chi connectivity index (χ3v) is 2.63. The lowest BCUT2D eigenvalue weighted by Gasteiger charge is -2.32. The van der Waals surface area contributed by atoms with Gasteiger partial charge in [0.2, 0.25) is 5.91 Å². The van der Waals surface area contributed by atoms with Gasteiger partial charge in [0, 0.05) is 19.1 Å². The molecule has 1 aliphatic rings. The maximum Gasteiger partial charge on any atom is 0.404 e. The Labute approximate surface area is 95.2 Å². The number of likely N-dealkylation sites (N-methyl/N-ethyl adjacent to an activating group) is 1. The van der Waals surface area contributed by atoms with Crippen molar-refractivity contribution in [2.24, 2.45) is 0 Å². The standard InChI is InChI=1S/C10H19N3O3/c1-12(2)7-9(14)13-5-3-8(4-6-13)11-10(15)16/h8,11H,3-7H2,1-2H3,(H,15,16). The summed E-state index contributed by atoms with van der Waals surface area (Å²) in [5.41, 5.74) is 0. The van der Waals surface area contributed by atoms with Gasteiger partial charge in [-0.2, -0.15) is 0 Å². The van der Waals surface area contributed by atoms with Gasteiger partial charge in [-0.3, -0.25) is 4.79 Å². The second-order valence-corrected chi connectivity index (χ2v) is 4.34. The van der Waals surface area contributed by atoms with Crippen LogP contribution in [0, 0.1) is 0 Å². The molecule has 1 fully saturated rings. The molecule has 0 atom stereocenters. The van der Waals surface area contributed by atoms with Crippen molar-refractivity contribution in [2.45, 2.75) is 18.9 Å². The van der Waals surface area contributed by atoms with E-state index in [1.165, 1.54) is 0 Å². The molecule has 0 radical (unpaired) electrons. The van der Waals surface area contributed by atoms with Gasteiger partial charge < -0.3 is 20.2 Å². The normalized spacial score (nSPS) is 17.6. The molecular weight excluding hydrogens is 210 g/mol. The largest absolute Gasteiger partial charge is 0.465 e. The first-order valence-corrected chi connectivity index (χ1v) is 5.41. The molecule has 1 saturated heterocycles. The monoisotopic (exact) mass is 229 g/mol. The van der Waals surface area contributed by atoms with E-state index < -0.39 is 6.09 Å². The number of likely N-dealkylation sites (tertiary alicyclic amines) is 1. The molecule has 0 bridgehead atoms. The van der Waals surface area contributed by atoms with Crippen LogP contribution < -0.4 is 5.32 Å². The zero-order valence-corrected chi connectivity index (χ0v) is 9.77. The summed E-state index contributed by atoms with van der Waals surface area (Å²) in [6.07, 6.45) is 0.412. The number of amides is 2. The molecular formula is C10H19N3O3. The molecule has 0 aromatic heterocycles. The highest BCUT2D eigenvalue weighted by molar-refractivity contribution is 5.78. The Balaban J connectivity index is 2.31. The minimum absolute atomic E-state index is 0.0130. The molecule has 2 amide bonds. The Morgan fingerprint density at radius 2 is 1.94 bits per heavy atom. The predicted molar refractivity (Wildman–Crippen MR) is 59.3 cm³/mol. The molecule has 2 N–H and O–H groups in total. The van der Waals surface area contributed by atoms with Crippen LogP contribution in [0.3, 0.4) is 0 Å². The van der Waals surface area contributed by atoms with Crippen molar-refractivity contribution in [3.05, 3.63) is 0 Å². The van der Waals surface area contributed by atoms with E-state index in [2.05, 4.69) is 5.32 Å². The number of piperidine rings is 1. The molecule has 1 rings (SSSR count). The summed E-state index contributed by atoms with van der Waals surface area (Å²) in [6.45, 7) is 1.69. The number of carbonyl (C=O) groups is 2. The van der Waals surface area contributed by atoms with Crippen molar-refractivity contribution in [1.29, 1.82) is 0 Å². The van der Waals surface area contributed by atoms with E-state index >= 15 is 0 Å². The van der Waals surface area contributed by atoms with E-state index in [0.29, 0.717) is 32.5 Å². The Morgan fingerprint density at radius 1 is 1.38 bits per heavy atom. The molecule has 0 saturated carbocycles. The van der Waals surface area contributed by atoms with Crippen LogP contribution in [0.15, 0.2) is 0 Å². The summed E-state index contributed by atoms with van der Waals surface area (Å²) in [4.78, 5) is 25.7. The zero-order chi connectivity index (χ0) is 12.1. The molecule has 1 aliphatic heterocycles. The number of carboxylic acid groups (broad SMARTS) is 1. The van der Waals surface area contributed by atoms with Gasteiger partial charge in [-0.05, 0) is 26.9 Å². The maximum absolute atomic E-state index is 11.7. The second kappa shape index (κ2) is 5.69. The van der Waals surface area contributed by atoms with Gasteiger partial charge in [0.15, 0.2) is 0 Å². The average Bonchev–Trinajstić information content (AvgIpc) is 2.16. The van der Waals surface area contributed by atoms with Gasteiger partial charge in [-0.1, -0.05) is 0 Å². The highest BCUT2D eigenvalue weighted by atomic mass is 16.4. The van der Waals surface area contributed by atoms with Gasteiger partial charge in [0.05, 0.1) is 6.54 Å². The van der Waals surface area contributed by atoms with E-state index in [1.807, 2.05) is 19.0 Å². The van der Waals surface area contributed by atoms with Crippen LogP contribution in [0.2, 0.25) is 0 Å². The predicted octanol–water partition coefficient (Wildman–Crippen LogP) is -0.193. The molecule has 1 heterocycles. The fraction of sp³-hybridized carbons (Fsp3) is 0.800. The van der Waals surface area contributed by atoms with E-state index in [0.717, 1.165) is 0 Å². The Kier molecular flexibility index (Phi) is 4.54. The fourth-order valence-corrected chi connectivity index (χ4v) is 1.82. The Hall–Kier alpha value is -1.30. The maximum atomic E-state index is 11.7. The number of nitrogens with one attached hydrogen (secondary N) is 1. The highest BCUT2D eigenvalue weighted by Gasteiger charge is 2.23. The van der Waals surface area contributed by atoms with Crippen LogP contribution in [0.1, 0.15) is 12.8 Å². The third-order valence-electron chi connectivity index (χ3n) is 2.63. The molecule has 0 unspecified atom stereocenters. The number of rotatable bonds is 3. The van der Waals surface area contributed by atoms with Gasteiger partial charge in [0.25, 0.3) is 0 Å². The first-order chi connectivity index (χ1) is 7.49. The fourth-order valence-electron chi connectivity index (χ4n) is 1.82. The van der Waals surface area contributed by atoms with Crippen molar-refractivity contribution in [2.75, 3.05) is 33.7 Å². The van der Waals surface area contributed by atoms with Gasteiger partial charge in [-0.25, -0.2) is 4.79 Å². The van der Waals surface area contributed by atoms with E-state index in [1.54, 1.807) is 4.90 Å². The number of hydrogen-bond donors (Lipinski definition) is 2. The lowest BCUT2D eigenvalue weighted by atomic mass is 10.1. The van der Waals surface area contributed by atoms with Crippen LogP contribution in [-0.2, 0) is 4.79 Å². The molecule has 0 spiro atoms. The molecule has 16 heavy (non-hydrogen) atoms. The molecule has 0 aliphatic carbocycles. The number of nitrogens with zero attached hydrogens (tertiary/aromatic N) is 2. The van der Waals surface area contributed by atoms with Crippen molar-refractivity contribution >= 4 is 12.0 Å². The van der Waals surface area contributed by atoms with Crippen molar-refractivity contribution in [3.63, 3.8) is 0 Å². The minimum atomic E-state index is -0.988. The minimum Gasteiger partial charge on any atom is -0.465 e. The van der Waals surface area contributed by atoms with Crippen LogP contribution in [-0.4, -0.2) is 66.7 Å². The van der Waals surface area contributed by atoms with E-state index in [4.69, 9.17) is 5.11 Å². The van der Waals surface area contributed by atoms with Crippen molar-refractivity contribution < 1.29 is 14.7 Å². The van der Waals surface area contributed by atoms with Crippen LogP contribution in [0.5, 0.6) is 0 Å². The van der Waals surface area contributed by atoms with Gasteiger partial charge in [-0.15, -0.1) is 0 Å².